The summed E-state index contributed by atoms with van der Waals surface area (Å²) in [6.45, 7) is -1.17. The Balaban J connectivity index is 1.08. The first-order valence-electron chi connectivity index (χ1n) is 13.8. The zero-order valence-corrected chi connectivity index (χ0v) is 23.4. The van der Waals surface area contributed by atoms with Gasteiger partial charge in [0.1, 0.15) is 16.9 Å². The second kappa shape index (κ2) is 11.3. The van der Waals surface area contributed by atoms with Crippen LogP contribution in [0.1, 0.15) is 34.5 Å². The lowest BCUT2D eigenvalue weighted by atomic mass is 10.0. The van der Waals surface area contributed by atoms with Crippen LogP contribution in [0.15, 0.2) is 77.5 Å². The van der Waals surface area contributed by atoms with E-state index >= 15 is 0 Å². The Kier molecular flexibility index (Phi) is 7.06. The van der Waals surface area contributed by atoms with Gasteiger partial charge in [-0.1, -0.05) is 40.3 Å². The Labute approximate surface area is 248 Å². The molecule has 222 valence electrons. The number of aryl methyl sites for hydroxylation is 1. The lowest BCUT2D eigenvalue weighted by molar-refractivity contribution is 0.0385. The van der Waals surface area contributed by atoms with Crippen molar-refractivity contribution in [3.8, 4) is 22.7 Å². The second-order valence-corrected chi connectivity index (χ2v) is 10.3. The number of nitrogens with zero attached hydrogens (tertiary/aromatic N) is 11. The van der Waals surface area contributed by atoms with Crippen molar-refractivity contribution in [3.05, 3.63) is 90.1 Å². The number of halogens is 2. The number of carbonyl (C=O) groups excluding carboxylic acids is 1. The first-order valence-corrected chi connectivity index (χ1v) is 13.8. The molecule has 6 aromatic rings. The molecule has 2 aromatic carbocycles. The maximum absolute atomic E-state index is 13.5. The summed E-state index contributed by atoms with van der Waals surface area (Å²) in [4.78, 5) is 26.6. The quantitative estimate of drug-likeness (QED) is 0.268. The first-order chi connectivity index (χ1) is 21.4. The Morgan fingerprint density at radius 3 is 2.48 bits per heavy atom. The minimum Gasteiger partial charge on any atom is -0.436 e. The number of carbonyl (C=O) groups is 1. The smallest absolute Gasteiger partial charge is 0.350 e. The van der Waals surface area contributed by atoms with Crippen LogP contribution in [0.3, 0.4) is 0 Å². The Morgan fingerprint density at radius 1 is 0.932 bits per heavy atom. The highest BCUT2D eigenvalue weighted by atomic mass is 19.3. The molecule has 1 aliphatic heterocycles. The summed E-state index contributed by atoms with van der Waals surface area (Å²) in [5.74, 6) is 0.311. The molecule has 0 saturated carbocycles. The van der Waals surface area contributed by atoms with Gasteiger partial charge in [-0.2, -0.15) is 8.78 Å². The third-order valence-electron chi connectivity index (χ3n) is 7.46. The van der Waals surface area contributed by atoms with Crippen LogP contribution in [0.25, 0.3) is 33.8 Å². The summed E-state index contributed by atoms with van der Waals surface area (Å²) in [5, 5.41) is 19.5. The molecule has 1 aliphatic rings. The van der Waals surface area contributed by atoms with Gasteiger partial charge in [0.25, 0.3) is 5.91 Å². The molecule has 0 spiro atoms. The normalized spacial score (nSPS) is 14.9. The van der Waals surface area contributed by atoms with E-state index in [2.05, 4.69) is 40.6 Å². The van der Waals surface area contributed by atoms with Crippen molar-refractivity contribution < 1.29 is 18.0 Å². The predicted molar refractivity (Wildman–Crippen MR) is 152 cm³/mol. The molecule has 1 amide bonds. The van der Waals surface area contributed by atoms with Crippen molar-refractivity contribution in [2.24, 2.45) is 7.05 Å². The van der Waals surface area contributed by atoms with E-state index in [1.165, 1.54) is 0 Å². The van der Waals surface area contributed by atoms with Gasteiger partial charge in [-0.05, 0) is 41.1 Å². The fourth-order valence-electron chi connectivity index (χ4n) is 5.30. The van der Waals surface area contributed by atoms with Gasteiger partial charge < -0.3 is 9.32 Å². The number of pyridine rings is 1. The van der Waals surface area contributed by atoms with E-state index in [4.69, 9.17) is 4.42 Å². The van der Waals surface area contributed by atoms with Crippen LogP contribution >= 0.6 is 0 Å². The van der Waals surface area contributed by atoms with Crippen molar-refractivity contribution >= 4 is 17.0 Å². The summed E-state index contributed by atoms with van der Waals surface area (Å²) < 4.78 is 34.0. The number of tetrazole rings is 1. The molecular weight excluding hydrogens is 572 g/mol. The minimum absolute atomic E-state index is 0.174. The summed E-state index contributed by atoms with van der Waals surface area (Å²) in [6.07, 6.45) is 3.38. The van der Waals surface area contributed by atoms with E-state index in [1.54, 1.807) is 35.0 Å². The fraction of sp³-hybridized carbons (Fsp3) is 0.241. The molecule has 1 atom stereocenters. The molecule has 13 nitrogen and oxygen atoms in total. The number of hydrogen-bond acceptors (Lipinski definition) is 10. The maximum atomic E-state index is 13.5. The van der Waals surface area contributed by atoms with Crippen LogP contribution in [0, 0.1) is 0 Å². The summed E-state index contributed by atoms with van der Waals surface area (Å²) >= 11 is 0. The molecule has 0 radical (unpaired) electrons. The Bertz CT molecular complexity index is 1930. The van der Waals surface area contributed by atoms with Gasteiger partial charge in [0.2, 0.25) is 5.89 Å². The minimum atomic E-state index is -2.89. The van der Waals surface area contributed by atoms with Crippen LogP contribution < -0.4 is 0 Å². The Hall–Kier alpha value is -5.44. The molecule has 1 saturated heterocycles. The lowest BCUT2D eigenvalue weighted by Crippen LogP contribution is -2.50. The van der Waals surface area contributed by atoms with Crippen molar-refractivity contribution in [3.63, 3.8) is 0 Å². The van der Waals surface area contributed by atoms with Crippen LogP contribution in [-0.4, -0.2) is 87.1 Å². The number of oxazole rings is 1. The van der Waals surface area contributed by atoms with Gasteiger partial charge in [-0.25, -0.2) is 4.98 Å². The third kappa shape index (κ3) is 5.28. The number of hydrogen-bond donors (Lipinski definition) is 0. The van der Waals surface area contributed by atoms with E-state index in [1.807, 2.05) is 54.7 Å². The van der Waals surface area contributed by atoms with Crippen LogP contribution in [-0.2, 0) is 7.05 Å². The molecule has 4 aromatic heterocycles. The van der Waals surface area contributed by atoms with Crippen molar-refractivity contribution in [2.75, 3.05) is 26.2 Å². The standard InChI is InChI=1S/C29H25F2N11O2/c1-39-17-23(34-37-39)19-7-8-24-21(15-19)33-27(44-24)20-9-10-32-22(16-20)28(43)41-13-11-40(12-14-41)25(18-5-3-2-4-6-18)26-35-38-42(36-26)29(30)31/h2-10,15-17,25,29H,11-14H2,1H3/t25-/m0/s1. The second-order valence-electron chi connectivity index (χ2n) is 10.3. The number of fused-ring (bicyclic) bond motifs is 1. The van der Waals surface area contributed by atoms with Gasteiger partial charge in [0.15, 0.2) is 11.4 Å². The van der Waals surface area contributed by atoms with E-state index in [-0.39, 0.29) is 17.4 Å². The van der Waals surface area contributed by atoms with E-state index in [9.17, 15) is 13.6 Å². The van der Waals surface area contributed by atoms with Gasteiger partial charge in [-0.3, -0.25) is 19.4 Å². The van der Waals surface area contributed by atoms with Gasteiger partial charge in [0, 0.05) is 50.6 Å². The summed E-state index contributed by atoms with van der Waals surface area (Å²) in [6, 6.07) is 17.9. The first kappa shape index (κ1) is 27.4. The van der Waals surface area contributed by atoms with Gasteiger partial charge >= 0.3 is 6.55 Å². The summed E-state index contributed by atoms with van der Waals surface area (Å²) in [7, 11) is 1.80. The van der Waals surface area contributed by atoms with Crippen molar-refractivity contribution in [2.45, 2.75) is 12.6 Å². The van der Waals surface area contributed by atoms with Crippen molar-refractivity contribution in [1.29, 1.82) is 0 Å². The SMILES string of the molecule is Cn1cc(-c2ccc3oc(-c4ccnc(C(=O)N5CCN([C@@H](c6ccccc6)c6nnn(C(F)F)n6)CC5)c4)nc3c2)nn1. The van der Waals surface area contributed by atoms with Crippen LogP contribution in [0.5, 0.6) is 0 Å². The number of piperazine rings is 1. The van der Waals surface area contributed by atoms with E-state index < -0.39 is 12.6 Å². The Morgan fingerprint density at radius 2 is 1.75 bits per heavy atom. The summed E-state index contributed by atoms with van der Waals surface area (Å²) in [5.41, 5.74) is 4.57. The zero-order valence-electron chi connectivity index (χ0n) is 23.4. The van der Waals surface area contributed by atoms with Gasteiger partial charge in [0.05, 0.1) is 12.2 Å². The maximum Gasteiger partial charge on any atom is 0.350 e. The number of rotatable bonds is 7. The molecule has 0 N–H and O–H groups in total. The number of aromatic nitrogens is 9. The van der Waals surface area contributed by atoms with Crippen LogP contribution in [0.2, 0.25) is 0 Å². The molecule has 44 heavy (non-hydrogen) atoms. The topological polar surface area (TPSA) is 137 Å². The molecule has 7 rings (SSSR count). The molecular formula is C29H25F2N11O2. The highest BCUT2D eigenvalue weighted by molar-refractivity contribution is 5.93. The predicted octanol–water partition coefficient (Wildman–Crippen LogP) is 3.61. The zero-order chi connectivity index (χ0) is 30.2. The van der Waals surface area contributed by atoms with E-state index in [0.29, 0.717) is 53.5 Å². The van der Waals surface area contributed by atoms with Gasteiger partial charge in [-0.15, -0.1) is 15.3 Å². The third-order valence-corrected chi connectivity index (χ3v) is 7.46. The number of benzene rings is 2. The molecule has 15 heteroatoms. The van der Waals surface area contributed by atoms with Crippen molar-refractivity contribution in [1.82, 2.24) is 55.0 Å². The molecule has 5 heterocycles. The average Bonchev–Trinajstić information content (AvgIpc) is 3.82. The van der Waals surface area contributed by atoms with Crippen LogP contribution in [0.4, 0.5) is 8.78 Å². The highest BCUT2D eigenvalue weighted by Crippen LogP contribution is 2.30. The monoisotopic (exact) mass is 597 g/mol. The largest absolute Gasteiger partial charge is 0.436 e. The molecule has 0 aliphatic carbocycles. The fourth-order valence-corrected chi connectivity index (χ4v) is 5.30. The molecule has 0 bridgehead atoms. The number of amides is 1. The average molecular weight is 598 g/mol. The number of alkyl halides is 2. The molecule has 0 unspecified atom stereocenters. The lowest BCUT2D eigenvalue weighted by Gasteiger charge is -2.38. The van der Waals surface area contributed by atoms with E-state index in [0.717, 1.165) is 16.8 Å². The highest BCUT2D eigenvalue weighted by Gasteiger charge is 2.32. The molecule has 1 fully saturated rings.